The third-order valence-corrected chi connectivity index (χ3v) is 2.59. The van der Waals surface area contributed by atoms with Gasteiger partial charge in [-0.3, -0.25) is 4.79 Å². The van der Waals surface area contributed by atoms with Gasteiger partial charge in [-0.25, -0.2) is 0 Å². The summed E-state index contributed by atoms with van der Waals surface area (Å²) in [5.41, 5.74) is 0. The highest BCUT2D eigenvalue weighted by atomic mass is 16.5. The Hall–Kier alpha value is -0.990. The second kappa shape index (κ2) is 6.49. The largest absolute Gasteiger partial charge is 0.479 e. The summed E-state index contributed by atoms with van der Waals surface area (Å²) in [5, 5.41) is 3.31. The fourth-order valence-electron chi connectivity index (χ4n) is 1.91. The first-order valence-corrected chi connectivity index (χ1v) is 5.84. The summed E-state index contributed by atoms with van der Waals surface area (Å²) in [5.74, 6) is 0.665. The topological polar surface area (TPSA) is 38.3 Å². The van der Waals surface area contributed by atoms with Gasteiger partial charge < -0.3 is 10.1 Å². The van der Waals surface area contributed by atoms with E-state index in [1.54, 1.807) is 6.92 Å². The number of ether oxygens (including phenoxy) is 1. The van der Waals surface area contributed by atoms with Crippen LogP contribution >= 0.6 is 0 Å². The first-order valence-electron chi connectivity index (χ1n) is 5.84. The molecule has 15 heavy (non-hydrogen) atoms. The zero-order valence-corrected chi connectivity index (χ0v) is 9.71. The predicted octanol–water partition coefficient (Wildman–Crippen LogP) is 2.38. The molecule has 0 heterocycles. The van der Waals surface area contributed by atoms with E-state index >= 15 is 0 Å². The van der Waals surface area contributed by atoms with Crippen LogP contribution in [0, 0.1) is 0 Å². The average Bonchev–Trinajstić information content (AvgIpc) is 2.18. The Balaban J connectivity index is 2.45. The summed E-state index contributed by atoms with van der Waals surface area (Å²) in [6.07, 6.45) is 7.79. The molecule has 1 N–H and O–H groups in total. The van der Waals surface area contributed by atoms with Gasteiger partial charge >= 0.3 is 0 Å². The fraction of sp³-hybridized carbons (Fsp3) is 0.750. The lowest BCUT2D eigenvalue weighted by Crippen LogP contribution is -2.31. The van der Waals surface area contributed by atoms with E-state index < -0.39 is 0 Å². The van der Waals surface area contributed by atoms with Crippen molar-refractivity contribution >= 4 is 5.78 Å². The SMILES string of the molecule is CCO/C(=C\C(C)=O)NC1CCCCC1. The smallest absolute Gasteiger partial charge is 0.190 e. The summed E-state index contributed by atoms with van der Waals surface area (Å²) in [7, 11) is 0. The van der Waals surface area contributed by atoms with Gasteiger partial charge in [-0.2, -0.15) is 0 Å². The lowest BCUT2D eigenvalue weighted by atomic mass is 9.96. The number of hydrogen-bond donors (Lipinski definition) is 1. The van der Waals surface area contributed by atoms with Crippen molar-refractivity contribution in [3.63, 3.8) is 0 Å². The molecule has 0 aliphatic heterocycles. The van der Waals surface area contributed by atoms with Crippen molar-refractivity contribution < 1.29 is 9.53 Å². The number of rotatable bonds is 5. The van der Waals surface area contributed by atoms with Crippen LogP contribution in [0.3, 0.4) is 0 Å². The Bertz CT molecular complexity index is 230. The fourth-order valence-corrected chi connectivity index (χ4v) is 1.91. The summed E-state index contributed by atoms with van der Waals surface area (Å²) in [4.78, 5) is 11.0. The number of hydrogen-bond acceptors (Lipinski definition) is 3. The molecule has 0 aromatic heterocycles. The van der Waals surface area contributed by atoms with Crippen molar-refractivity contribution in [2.75, 3.05) is 6.61 Å². The molecule has 0 saturated heterocycles. The number of allylic oxidation sites excluding steroid dienone is 1. The number of carbonyl (C=O) groups is 1. The Morgan fingerprint density at radius 1 is 1.40 bits per heavy atom. The minimum Gasteiger partial charge on any atom is -0.479 e. The van der Waals surface area contributed by atoms with Crippen molar-refractivity contribution in [2.24, 2.45) is 0 Å². The van der Waals surface area contributed by atoms with Gasteiger partial charge in [0.25, 0.3) is 0 Å². The molecule has 1 aliphatic carbocycles. The summed E-state index contributed by atoms with van der Waals surface area (Å²) < 4.78 is 5.38. The van der Waals surface area contributed by atoms with Crippen LogP contribution in [0.5, 0.6) is 0 Å². The van der Waals surface area contributed by atoms with Gasteiger partial charge in [-0.15, -0.1) is 0 Å². The molecule has 0 bridgehead atoms. The van der Waals surface area contributed by atoms with Crippen molar-refractivity contribution in [3.8, 4) is 0 Å². The third kappa shape index (κ3) is 4.86. The van der Waals surface area contributed by atoms with Gasteiger partial charge in [-0.05, 0) is 26.7 Å². The zero-order valence-electron chi connectivity index (χ0n) is 9.71. The van der Waals surface area contributed by atoms with Gasteiger partial charge in [-0.1, -0.05) is 19.3 Å². The second-order valence-electron chi connectivity index (χ2n) is 4.03. The normalized spacial score (nSPS) is 18.7. The zero-order chi connectivity index (χ0) is 11.1. The molecule has 1 rings (SSSR count). The molecule has 1 aliphatic rings. The molecule has 0 unspecified atom stereocenters. The maximum Gasteiger partial charge on any atom is 0.190 e. The van der Waals surface area contributed by atoms with Crippen LogP contribution in [0.25, 0.3) is 0 Å². The van der Waals surface area contributed by atoms with E-state index in [2.05, 4.69) is 5.32 Å². The van der Waals surface area contributed by atoms with Gasteiger partial charge in [0, 0.05) is 12.1 Å². The average molecular weight is 211 g/mol. The Morgan fingerprint density at radius 2 is 2.07 bits per heavy atom. The first kappa shape index (κ1) is 12.1. The summed E-state index contributed by atoms with van der Waals surface area (Å²) >= 11 is 0. The van der Waals surface area contributed by atoms with Gasteiger partial charge in [0.15, 0.2) is 11.7 Å². The van der Waals surface area contributed by atoms with Crippen molar-refractivity contribution in [1.29, 1.82) is 0 Å². The highest BCUT2D eigenvalue weighted by Crippen LogP contribution is 2.18. The lowest BCUT2D eigenvalue weighted by Gasteiger charge is -2.24. The van der Waals surface area contributed by atoms with E-state index in [-0.39, 0.29) is 5.78 Å². The Morgan fingerprint density at radius 3 is 2.60 bits per heavy atom. The highest BCUT2D eigenvalue weighted by Gasteiger charge is 2.14. The molecular formula is C12H21NO2. The van der Waals surface area contributed by atoms with Crippen LogP contribution < -0.4 is 5.32 Å². The summed E-state index contributed by atoms with van der Waals surface area (Å²) in [6.45, 7) is 4.07. The minimum atomic E-state index is 0.0294. The quantitative estimate of drug-likeness (QED) is 0.560. The van der Waals surface area contributed by atoms with Gasteiger partial charge in [0.05, 0.1) is 6.61 Å². The molecular weight excluding hydrogens is 190 g/mol. The second-order valence-corrected chi connectivity index (χ2v) is 4.03. The van der Waals surface area contributed by atoms with Crippen LogP contribution in [-0.2, 0) is 9.53 Å². The molecule has 0 aromatic carbocycles. The monoisotopic (exact) mass is 211 g/mol. The molecule has 0 radical (unpaired) electrons. The molecule has 0 amide bonds. The van der Waals surface area contributed by atoms with Crippen LogP contribution in [0.15, 0.2) is 12.0 Å². The molecule has 0 atom stereocenters. The molecule has 3 heteroatoms. The van der Waals surface area contributed by atoms with E-state index in [4.69, 9.17) is 4.74 Å². The van der Waals surface area contributed by atoms with Crippen LogP contribution in [0.1, 0.15) is 46.0 Å². The van der Waals surface area contributed by atoms with E-state index in [1.807, 2.05) is 6.92 Å². The summed E-state index contributed by atoms with van der Waals surface area (Å²) in [6, 6.07) is 0.482. The van der Waals surface area contributed by atoms with E-state index in [0.29, 0.717) is 18.5 Å². The van der Waals surface area contributed by atoms with E-state index in [1.165, 1.54) is 38.2 Å². The predicted molar refractivity (Wildman–Crippen MR) is 60.4 cm³/mol. The van der Waals surface area contributed by atoms with E-state index in [0.717, 1.165) is 0 Å². The first-order chi connectivity index (χ1) is 7.22. The lowest BCUT2D eigenvalue weighted by molar-refractivity contribution is -0.112. The minimum absolute atomic E-state index is 0.0294. The van der Waals surface area contributed by atoms with Gasteiger partial charge in [0.1, 0.15) is 0 Å². The molecule has 1 fully saturated rings. The highest BCUT2D eigenvalue weighted by molar-refractivity contribution is 5.87. The van der Waals surface area contributed by atoms with Crippen molar-refractivity contribution in [2.45, 2.75) is 52.0 Å². The van der Waals surface area contributed by atoms with E-state index in [9.17, 15) is 4.79 Å². The molecule has 3 nitrogen and oxygen atoms in total. The van der Waals surface area contributed by atoms with Gasteiger partial charge in [0.2, 0.25) is 0 Å². The van der Waals surface area contributed by atoms with Crippen LogP contribution in [-0.4, -0.2) is 18.4 Å². The molecule has 1 saturated carbocycles. The maximum atomic E-state index is 11.0. The molecule has 0 aromatic rings. The van der Waals surface area contributed by atoms with Crippen LogP contribution in [0.4, 0.5) is 0 Å². The molecule has 0 spiro atoms. The number of nitrogens with one attached hydrogen (secondary N) is 1. The number of ketones is 1. The number of carbonyl (C=O) groups excluding carboxylic acids is 1. The Kier molecular flexibility index (Phi) is 5.22. The third-order valence-electron chi connectivity index (χ3n) is 2.59. The van der Waals surface area contributed by atoms with Crippen molar-refractivity contribution in [3.05, 3.63) is 12.0 Å². The molecule has 86 valence electrons. The van der Waals surface area contributed by atoms with Crippen molar-refractivity contribution in [1.82, 2.24) is 5.32 Å². The van der Waals surface area contributed by atoms with Crippen LogP contribution in [0.2, 0.25) is 0 Å². The standard InChI is InChI=1S/C12H21NO2/c1-3-15-12(9-10(2)14)13-11-7-5-4-6-8-11/h9,11,13H,3-8H2,1-2H3/b12-9-. The maximum absolute atomic E-state index is 11.0. The Labute approximate surface area is 91.9 Å².